The highest BCUT2D eigenvalue weighted by molar-refractivity contribution is 6.02. The summed E-state index contributed by atoms with van der Waals surface area (Å²) in [6, 6.07) is 7.13. The topological polar surface area (TPSA) is 83.1 Å². The molecule has 0 aliphatic carbocycles. The molecule has 0 radical (unpaired) electrons. The summed E-state index contributed by atoms with van der Waals surface area (Å²) in [5.41, 5.74) is 3.14. The van der Waals surface area contributed by atoms with E-state index in [-0.39, 0.29) is 17.8 Å². The van der Waals surface area contributed by atoms with Crippen molar-refractivity contribution in [2.45, 2.75) is 26.1 Å². The van der Waals surface area contributed by atoms with E-state index in [9.17, 15) is 9.59 Å². The van der Waals surface area contributed by atoms with E-state index < -0.39 is 17.7 Å². The lowest BCUT2D eigenvalue weighted by Crippen LogP contribution is -2.27. The van der Waals surface area contributed by atoms with Crippen LogP contribution in [0.5, 0.6) is 5.75 Å². The van der Waals surface area contributed by atoms with Gasteiger partial charge in [0.15, 0.2) is 0 Å². The molecule has 1 heterocycles. The van der Waals surface area contributed by atoms with Crippen LogP contribution >= 0.6 is 0 Å². The summed E-state index contributed by atoms with van der Waals surface area (Å²) in [5.74, 6) is -1.76. The SMILES string of the molecule is CONC(=O)/C(Cc1ccc(OC)cc1)=C1\OC(C)(C)OC1=O. The third-order valence-electron chi connectivity index (χ3n) is 3.15. The normalized spacial score (nSPS) is 18.0. The number of ether oxygens (including phenoxy) is 3. The average molecular weight is 321 g/mol. The Labute approximate surface area is 134 Å². The predicted octanol–water partition coefficient (Wildman–Crippen LogP) is 1.48. The van der Waals surface area contributed by atoms with Crippen molar-refractivity contribution in [1.29, 1.82) is 0 Å². The second-order valence-corrected chi connectivity index (χ2v) is 5.36. The number of nitrogens with one attached hydrogen (secondary N) is 1. The van der Waals surface area contributed by atoms with Gasteiger partial charge in [0.25, 0.3) is 5.91 Å². The van der Waals surface area contributed by atoms with E-state index in [1.807, 2.05) is 0 Å². The molecule has 1 aromatic carbocycles. The van der Waals surface area contributed by atoms with Crippen molar-refractivity contribution in [2.75, 3.05) is 14.2 Å². The van der Waals surface area contributed by atoms with E-state index in [2.05, 4.69) is 10.3 Å². The van der Waals surface area contributed by atoms with Crippen molar-refractivity contribution < 1.29 is 28.6 Å². The third kappa shape index (κ3) is 4.01. The van der Waals surface area contributed by atoms with Gasteiger partial charge in [0, 0.05) is 20.3 Å². The summed E-state index contributed by atoms with van der Waals surface area (Å²) < 4.78 is 15.7. The molecule has 0 unspecified atom stereocenters. The monoisotopic (exact) mass is 321 g/mol. The summed E-state index contributed by atoms with van der Waals surface area (Å²) in [6.07, 6.45) is 0.180. The van der Waals surface area contributed by atoms with Gasteiger partial charge in [-0.2, -0.15) is 0 Å². The largest absolute Gasteiger partial charge is 0.497 e. The Morgan fingerprint density at radius 1 is 1.17 bits per heavy atom. The van der Waals surface area contributed by atoms with Crippen LogP contribution in [-0.2, 0) is 30.3 Å². The van der Waals surface area contributed by atoms with Crippen molar-refractivity contribution in [3.8, 4) is 5.75 Å². The number of rotatable bonds is 5. The minimum Gasteiger partial charge on any atom is -0.497 e. The van der Waals surface area contributed by atoms with Crippen LogP contribution in [0.25, 0.3) is 0 Å². The maximum absolute atomic E-state index is 12.2. The fourth-order valence-electron chi connectivity index (χ4n) is 2.13. The van der Waals surface area contributed by atoms with E-state index in [0.717, 1.165) is 5.56 Å². The number of methoxy groups -OCH3 is 1. The van der Waals surface area contributed by atoms with Gasteiger partial charge in [-0.1, -0.05) is 12.1 Å². The maximum atomic E-state index is 12.2. The first-order chi connectivity index (χ1) is 10.9. The van der Waals surface area contributed by atoms with Gasteiger partial charge in [-0.05, 0) is 17.7 Å². The van der Waals surface area contributed by atoms with Crippen LogP contribution in [0, 0.1) is 0 Å². The minimum atomic E-state index is -1.11. The standard InChI is InChI=1S/C16H19NO6/c1-16(2)22-13(15(19)23-16)12(14(18)17-21-4)9-10-5-7-11(20-3)8-6-10/h5-8H,9H2,1-4H3,(H,17,18)/b13-12-. The van der Waals surface area contributed by atoms with Crippen molar-refractivity contribution in [1.82, 2.24) is 5.48 Å². The van der Waals surface area contributed by atoms with Crippen LogP contribution in [-0.4, -0.2) is 31.9 Å². The van der Waals surface area contributed by atoms with Gasteiger partial charge in [-0.3, -0.25) is 9.63 Å². The zero-order chi connectivity index (χ0) is 17.0. The molecule has 1 saturated heterocycles. The minimum absolute atomic E-state index is 0.111. The molecule has 124 valence electrons. The molecular formula is C16H19NO6. The van der Waals surface area contributed by atoms with Gasteiger partial charge in [-0.25, -0.2) is 10.3 Å². The van der Waals surface area contributed by atoms with E-state index in [0.29, 0.717) is 5.75 Å². The summed E-state index contributed by atoms with van der Waals surface area (Å²) in [4.78, 5) is 28.8. The molecule has 1 N–H and O–H groups in total. The van der Waals surface area contributed by atoms with Crippen LogP contribution in [0.4, 0.5) is 0 Å². The number of hydrogen-bond acceptors (Lipinski definition) is 6. The Morgan fingerprint density at radius 3 is 2.30 bits per heavy atom. The molecule has 1 aliphatic rings. The number of esters is 1. The molecule has 7 heteroatoms. The Hall–Kier alpha value is -2.54. The Balaban J connectivity index is 2.34. The molecule has 7 nitrogen and oxygen atoms in total. The quantitative estimate of drug-likeness (QED) is 0.502. The summed E-state index contributed by atoms with van der Waals surface area (Å²) >= 11 is 0. The van der Waals surface area contributed by atoms with Crippen LogP contribution in [0.1, 0.15) is 19.4 Å². The summed E-state index contributed by atoms with van der Waals surface area (Å²) in [7, 11) is 2.88. The molecule has 0 spiro atoms. The molecule has 1 amide bonds. The van der Waals surface area contributed by atoms with Crippen LogP contribution in [0.15, 0.2) is 35.6 Å². The molecule has 0 bridgehead atoms. The molecule has 0 aromatic heterocycles. The van der Waals surface area contributed by atoms with Crippen LogP contribution in [0.3, 0.4) is 0 Å². The first-order valence-electron chi connectivity index (χ1n) is 6.98. The molecule has 0 saturated carbocycles. The summed E-state index contributed by atoms with van der Waals surface area (Å²) in [6.45, 7) is 3.19. The first kappa shape index (κ1) is 16.8. The fraction of sp³-hybridized carbons (Fsp3) is 0.375. The summed E-state index contributed by atoms with van der Waals surface area (Å²) in [5, 5.41) is 0. The van der Waals surface area contributed by atoms with Gasteiger partial charge in [0.2, 0.25) is 11.5 Å². The van der Waals surface area contributed by atoms with E-state index in [1.54, 1.807) is 45.2 Å². The second-order valence-electron chi connectivity index (χ2n) is 5.36. The number of hydroxylamine groups is 1. The lowest BCUT2D eigenvalue weighted by molar-refractivity contribution is -0.159. The zero-order valence-electron chi connectivity index (χ0n) is 13.5. The fourth-order valence-corrected chi connectivity index (χ4v) is 2.13. The molecule has 1 aliphatic heterocycles. The first-order valence-corrected chi connectivity index (χ1v) is 6.98. The van der Waals surface area contributed by atoms with Gasteiger partial charge < -0.3 is 14.2 Å². The predicted molar refractivity (Wildman–Crippen MR) is 80.1 cm³/mol. The number of amides is 1. The van der Waals surface area contributed by atoms with Crippen molar-refractivity contribution in [2.24, 2.45) is 0 Å². The van der Waals surface area contributed by atoms with Gasteiger partial charge in [-0.15, -0.1) is 0 Å². The Morgan fingerprint density at radius 2 is 1.83 bits per heavy atom. The van der Waals surface area contributed by atoms with E-state index >= 15 is 0 Å². The third-order valence-corrected chi connectivity index (χ3v) is 3.15. The maximum Gasteiger partial charge on any atom is 0.377 e. The van der Waals surface area contributed by atoms with Crippen molar-refractivity contribution in [3.05, 3.63) is 41.2 Å². The highest BCUT2D eigenvalue weighted by Gasteiger charge is 2.40. The number of benzene rings is 1. The zero-order valence-corrected chi connectivity index (χ0v) is 13.5. The molecular weight excluding hydrogens is 302 g/mol. The lowest BCUT2D eigenvalue weighted by Gasteiger charge is -2.15. The van der Waals surface area contributed by atoms with E-state index in [4.69, 9.17) is 14.2 Å². The number of carbonyl (C=O) groups is 2. The lowest BCUT2D eigenvalue weighted by atomic mass is 10.0. The van der Waals surface area contributed by atoms with Crippen LogP contribution in [0.2, 0.25) is 0 Å². The molecule has 2 rings (SSSR count). The molecule has 1 aromatic rings. The highest BCUT2D eigenvalue weighted by atomic mass is 16.8. The second kappa shape index (κ2) is 6.70. The number of hydrogen-bond donors (Lipinski definition) is 1. The molecule has 1 fully saturated rings. The smallest absolute Gasteiger partial charge is 0.377 e. The average Bonchev–Trinajstić information content (AvgIpc) is 2.78. The van der Waals surface area contributed by atoms with Crippen molar-refractivity contribution >= 4 is 11.9 Å². The van der Waals surface area contributed by atoms with Gasteiger partial charge in [0.05, 0.1) is 19.8 Å². The van der Waals surface area contributed by atoms with Gasteiger partial charge in [0.1, 0.15) is 5.75 Å². The Kier molecular flexibility index (Phi) is 4.90. The van der Waals surface area contributed by atoms with Gasteiger partial charge >= 0.3 is 5.97 Å². The molecule has 0 atom stereocenters. The van der Waals surface area contributed by atoms with Crippen LogP contribution < -0.4 is 10.2 Å². The number of cyclic esters (lactones) is 1. The number of carbonyl (C=O) groups excluding carboxylic acids is 2. The molecule has 23 heavy (non-hydrogen) atoms. The van der Waals surface area contributed by atoms with Crippen molar-refractivity contribution in [3.63, 3.8) is 0 Å². The highest BCUT2D eigenvalue weighted by Crippen LogP contribution is 2.30. The van der Waals surface area contributed by atoms with E-state index in [1.165, 1.54) is 7.11 Å². The Bertz CT molecular complexity index is 632.